The fraction of sp³-hybridized carbons (Fsp3) is 0.364. The number of rotatable bonds is 2. The molecule has 0 fully saturated rings. The van der Waals surface area contributed by atoms with Crippen LogP contribution in [0.3, 0.4) is 0 Å². The standard InChI is InChI=1S/C11H15ClN2/c1-8-4-5-14-7-11(12)10(6-8)9(2)13-3/h6-7,13H,2,4-5H2,1,3H3/b8-6+,11-10-,14-7?. The highest BCUT2D eigenvalue weighted by molar-refractivity contribution is 6.40. The topological polar surface area (TPSA) is 24.4 Å². The summed E-state index contributed by atoms with van der Waals surface area (Å²) in [6.45, 7) is 6.78. The van der Waals surface area contributed by atoms with Gasteiger partial charge in [0.2, 0.25) is 0 Å². The fourth-order valence-corrected chi connectivity index (χ4v) is 1.45. The zero-order valence-corrected chi connectivity index (χ0v) is 9.36. The molecular formula is C11H15ClN2. The molecule has 0 saturated carbocycles. The highest BCUT2D eigenvalue weighted by Crippen LogP contribution is 2.19. The van der Waals surface area contributed by atoms with Crippen LogP contribution in [0.25, 0.3) is 0 Å². The number of nitrogens with zero attached hydrogens (tertiary/aromatic N) is 1. The van der Waals surface area contributed by atoms with Crippen molar-refractivity contribution in [3.05, 3.63) is 34.5 Å². The zero-order chi connectivity index (χ0) is 10.6. The number of allylic oxidation sites excluding steroid dienone is 2. The number of aliphatic imine (C=N–C) groups is 1. The van der Waals surface area contributed by atoms with E-state index in [1.165, 1.54) is 5.57 Å². The largest absolute Gasteiger partial charge is 0.388 e. The van der Waals surface area contributed by atoms with Crippen molar-refractivity contribution in [3.63, 3.8) is 0 Å². The van der Waals surface area contributed by atoms with Crippen molar-refractivity contribution in [1.82, 2.24) is 5.32 Å². The lowest BCUT2D eigenvalue weighted by Crippen LogP contribution is -2.08. The summed E-state index contributed by atoms with van der Waals surface area (Å²) >= 11 is 6.08. The quantitative estimate of drug-likeness (QED) is 0.745. The molecule has 0 radical (unpaired) electrons. The van der Waals surface area contributed by atoms with Crippen molar-refractivity contribution in [3.8, 4) is 0 Å². The van der Waals surface area contributed by atoms with Crippen molar-refractivity contribution < 1.29 is 0 Å². The van der Waals surface area contributed by atoms with Gasteiger partial charge in [0.1, 0.15) is 0 Å². The molecule has 1 N–H and O–H groups in total. The van der Waals surface area contributed by atoms with Gasteiger partial charge in [-0.2, -0.15) is 0 Å². The van der Waals surface area contributed by atoms with Gasteiger partial charge in [0.25, 0.3) is 0 Å². The Morgan fingerprint density at radius 3 is 3.00 bits per heavy atom. The normalized spacial score (nSPS) is 26.1. The number of hydrogen-bond donors (Lipinski definition) is 1. The number of hydrogen-bond acceptors (Lipinski definition) is 2. The van der Waals surface area contributed by atoms with Crippen LogP contribution < -0.4 is 5.32 Å². The Morgan fingerprint density at radius 1 is 1.64 bits per heavy atom. The van der Waals surface area contributed by atoms with E-state index in [2.05, 4.69) is 29.9 Å². The maximum Gasteiger partial charge on any atom is 0.0677 e. The van der Waals surface area contributed by atoms with Crippen LogP contribution in [-0.4, -0.2) is 19.8 Å². The molecule has 0 aliphatic carbocycles. The lowest BCUT2D eigenvalue weighted by molar-refractivity contribution is 0.943. The second-order valence-electron chi connectivity index (χ2n) is 3.27. The summed E-state index contributed by atoms with van der Waals surface area (Å²) < 4.78 is 0. The lowest BCUT2D eigenvalue weighted by atomic mass is 10.1. The zero-order valence-electron chi connectivity index (χ0n) is 8.60. The van der Waals surface area contributed by atoms with Gasteiger partial charge >= 0.3 is 0 Å². The number of halogens is 1. The third-order valence-electron chi connectivity index (χ3n) is 2.11. The second kappa shape index (κ2) is 5.01. The Bertz CT molecular complexity index is 324. The lowest BCUT2D eigenvalue weighted by Gasteiger charge is -2.11. The van der Waals surface area contributed by atoms with E-state index in [-0.39, 0.29) is 0 Å². The molecular weight excluding hydrogens is 196 g/mol. The van der Waals surface area contributed by atoms with E-state index in [0.717, 1.165) is 24.2 Å². The molecule has 1 rings (SSSR count). The Hall–Kier alpha value is -1.02. The van der Waals surface area contributed by atoms with Crippen molar-refractivity contribution >= 4 is 17.8 Å². The van der Waals surface area contributed by atoms with Gasteiger partial charge in [0, 0.05) is 31.1 Å². The minimum atomic E-state index is 0.642. The first-order chi connectivity index (χ1) is 6.65. The Morgan fingerprint density at radius 2 is 2.36 bits per heavy atom. The molecule has 0 atom stereocenters. The van der Waals surface area contributed by atoms with E-state index in [1.807, 2.05) is 7.05 Å². The first-order valence-corrected chi connectivity index (χ1v) is 4.96. The van der Waals surface area contributed by atoms with E-state index < -0.39 is 0 Å². The molecule has 0 bridgehead atoms. The molecule has 0 aromatic carbocycles. The first-order valence-electron chi connectivity index (χ1n) is 4.59. The highest BCUT2D eigenvalue weighted by atomic mass is 35.5. The van der Waals surface area contributed by atoms with Crippen molar-refractivity contribution in [2.24, 2.45) is 4.99 Å². The van der Waals surface area contributed by atoms with Crippen LogP contribution in [0.15, 0.2) is 39.5 Å². The van der Waals surface area contributed by atoms with Crippen LogP contribution >= 0.6 is 11.6 Å². The molecule has 0 spiro atoms. The van der Waals surface area contributed by atoms with Gasteiger partial charge in [0.05, 0.1) is 5.03 Å². The molecule has 1 aliphatic heterocycles. The van der Waals surface area contributed by atoms with Crippen LogP contribution in [0, 0.1) is 0 Å². The summed E-state index contributed by atoms with van der Waals surface area (Å²) in [4.78, 5) is 4.20. The maximum absolute atomic E-state index is 6.08. The van der Waals surface area contributed by atoms with E-state index in [9.17, 15) is 0 Å². The number of likely N-dealkylation sites (N-methyl/N-ethyl adjacent to an activating group) is 1. The summed E-state index contributed by atoms with van der Waals surface area (Å²) in [6, 6.07) is 0. The second-order valence-corrected chi connectivity index (χ2v) is 3.67. The predicted molar refractivity (Wildman–Crippen MR) is 62.8 cm³/mol. The minimum Gasteiger partial charge on any atom is -0.388 e. The molecule has 2 nitrogen and oxygen atoms in total. The third-order valence-corrected chi connectivity index (χ3v) is 2.42. The fourth-order valence-electron chi connectivity index (χ4n) is 1.21. The van der Waals surface area contributed by atoms with Gasteiger partial charge in [-0.25, -0.2) is 0 Å². The van der Waals surface area contributed by atoms with Crippen LogP contribution in [0.2, 0.25) is 0 Å². The molecule has 76 valence electrons. The Balaban J connectivity index is 3.10. The van der Waals surface area contributed by atoms with Crippen LogP contribution in [0.1, 0.15) is 13.3 Å². The van der Waals surface area contributed by atoms with Gasteiger partial charge in [-0.1, -0.05) is 29.8 Å². The maximum atomic E-state index is 6.08. The van der Waals surface area contributed by atoms with Gasteiger partial charge in [-0.3, -0.25) is 4.99 Å². The van der Waals surface area contributed by atoms with Crippen LogP contribution in [0.5, 0.6) is 0 Å². The molecule has 0 amide bonds. The van der Waals surface area contributed by atoms with Gasteiger partial charge in [0.15, 0.2) is 0 Å². The summed E-state index contributed by atoms with van der Waals surface area (Å²) in [6.07, 6.45) is 4.73. The summed E-state index contributed by atoms with van der Waals surface area (Å²) in [5, 5.41) is 3.63. The molecule has 0 unspecified atom stereocenters. The van der Waals surface area contributed by atoms with Crippen LogP contribution in [-0.2, 0) is 0 Å². The molecule has 14 heavy (non-hydrogen) atoms. The van der Waals surface area contributed by atoms with Crippen molar-refractivity contribution in [2.45, 2.75) is 13.3 Å². The van der Waals surface area contributed by atoms with Gasteiger partial charge in [-0.05, 0) is 13.3 Å². The molecule has 0 saturated heterocycles. The van der Waals surface area contributed by atoms with Crippen LogP contribution in [0.4, 0.5) is 0 Å². The van der Waals surface area contributed by atoms with Crippen molar-refractivity contribution in [1.29, 1.82) is 0 Å². The minimum absolute atomic E-state index is 0.642. The molecule has 3 heteroatoms. The van der Waals surface area contributed by atoms with E-state index >= 15 is 0 Å². The SMILES string of the molecule is C=C(NC)C1=C(\Cl)C=NCC\C(C)=C\1. The average Bonchev–Trinajstić information content (AvgIpc) is 2.17. The Labute approximate surface area is 90.1 Å². The molecule has 0 aromatic heterocycles. The predicted octanol–water partition coefficient (Wildman–Crippen LogP) is 2.63. The van der Waals surface area contributed by atoms with E-state index in [1.54, 1.807) is 6.21 Å². The summed E-state index contributed by atoms with van der Waals surface area (Å²) in [5.41, 5.74) is 3.02. The monoisotopic (exact) mass is 210 g/mol. The molecule has 0 aromatic rings. The third kappa shape index (κ3) is 2.74. The van der Waals surface area contributed by atoms with E-state index in [4.69, 9.17) is 11.6 Å². The number of nitrogens with one attached hydrogen (secondary N) is 1. The Kier molecular flexibility index (Phi) is 3.96. The molecule has 1 aliphatic rings. The summed E-state index contributed by atoms with van der Waals surface area (Å²) in [5.74, 6) is 0. The van der Waals surface area contributed by atoms with E-state index in [0.29, 0.717) is 5.03 Å². The highest BCUT2D eigenvalue weighted by Gasteiger charge is 2.06. The molecule has 1 heterocycles. The van der Waals surface area contributed by atoms with Gasteiger partial charge in [-0.15, -0.1) is 0 Å². The summed E-state index contributed by atoms with van der Waals surface area (Å²) in [7, 11) is 1.83. The average molecular weight is 211 g/mol. The van der Waals surface area contributed by atoms with Crippen molar-refractivity contribution in [2.75, 3.05) is 13.6 Å². The smallest absolute Gasteiger partial charge is 0.0677 e. The van der Waals surface area contributed by atoms with Gasteiger partial charge < -0.3 is 5.32 Å². The first kappa shape index (κ1) is 11.1.